The van der Waals surface area contributed by atoms with Gasteiger partial charge in [0, 0.05) is 19.8 Å². The molecule has 0 bridgehead atoms. The fourth-order valence-corrected chi connectivity index (χ4v) is 6.21. The molecule has 1 aromatic carbocycles. The smallest absolute Gasteiger partial charge is 0.293 e. The van der Waals surface area contributed by atoms with Crippen LogP contribution >= 0.6 is 0 Å². The summed E-state index contributed by atoms with van der Waals surface area (Å²) in [5, 5.41) is 0. The van der Waals surface area contributed by atoms with E-state index in [0.717, 1.165) is 12.8 Å². The molecule has 0 amide bonds. The summed E-state index contributed by atoms with van der Waals surface area (Å²) in [7, 11) is 0. The summed E-state index contributed by atoms with van der Waals surface area (Å²) in [4.78, 5) is 0. The van der Waals surface area contributed by atoms with Crippen LogP contribution in [0.2, 0.25) is 0 Å². The molecular weight excluding hydrogens is 468 g/mol. The SMILES string of the molecule is CCCCCCCCCCCCC(CCCCCCCC)(c1ccccc1C)C(OCC)(OCC)OCC. The van der Waals surface area contributed by atoms with Crippen molar-refractivity contribution in [2.24, 2.45) is 0 Å². The molecule has 0 aliphatic carbocycles. The summed E-state index contributed by atoms with van der Waals surface area (Å²) in [6.45, 7) is 14.8. The molecule has 0 saturated heterocycles. The number of unbranched alkanes of at least 4 members (excludes halogenated alkanes) is 14. The molecule has 0 heterocycles. The second-order valence-electron chi connectivity index (χ2n) is 11.2. The first-order chi connectivity index (χ1) is 18.6. The van der Waals surface area contributed by atoms with E-state index in [2.05, 4.69) is 65.8 Å². The van der Waals surface area contributed by atoms with Crippen LogP contribution in [-0.4, -0.2) is 25.8 Å². The number of benzene rings is 1. The first-order valence-electron chi connectivity index (χ1n) is 16.5. The maximum absolute atomic E-state index is 6.58. The Bertz CT molecular complexity index is 656. The lowest BCUT2D eigenvalue weighted by molar-refractivity contribution is -0.412. The lowest BCUT2D eigenvalue weighted by Crippen LogP contribution is -2.58. The van der Waals surface area contributed by atoms with Crippen molar-refractivity contribution in [3.05, 3.63) is 35.4 Å². The minimum atomic E-state index is -1.06. The standard InChI is InChI=1S/C35H64O3/c1-7-12-14-16-18-19-20-21-23-27-31-34(30-26-22-17-15-13-8-2,33-29-25-24-28-32(33)6)35(36-9-3,37-10-4)38-11-5/h24-25,28-29H,7-23,26-27,30-31H2,1-6H3. The van der Waals surface area contributed by atoms with Gasteiger partial charge in [0.1, 0.15) is 0 Å². The Morgan fingerprint density at radius 1 is 0.500 bits per heavy atom. The highest BCUT2D eigenvalue weighted by Crippen LogP contribution is 2.49. The molecule has 222 valence electrons. The first kappa shape index (κ1) is 35.1. The van der Waals surface area contributed by atoms with Crippen molar-refractivity contribution in [2.45, 2.75) is 169 Å². The van der Waals surface area contributed by atoms with Crippen molar-refractivity contribution >= 4 is 0 Å². The molecule has 1 unspecified atom stereocenters. The number of rotatable bonds is 26. The van der Waals surface area contributed by atoms with Gasteiger partial charge in [-0.3, -0.25) is 0 Å². The summed E-state index contributed by atoms with van der Waals surface area (Å²) < 4.78 is 19.7. The van der Waals surface area contributed by atoms with Crippen molar-refractivity contribution in [3.8, 4) is 0 Å². The van der Waals surface area contributed by atoms with Gasteiger partial charge in [-0.25, -0.2) is 0 Å². The zero-order valence-electron chi connectivity index (χ0n) is 26.4. The van der Waals surface area contributed by atoms with Crippen LogP contribution in [0, 0.1) is 6.92 Å². The van der Waals surface area contributed by atoms with E-state index in [0.29, 0.717) is 19.8 Å². The van der Waals surface area contributed by atoms with Crippen LogP contribution in [-0.2, 0) is 19.6 Å². The summed E-state index contributed by atoms with van der Waals surface area (Å²) in [5.41, 5.74) is 2.33. The average Bonchev–Trinajstić information content (AvgIpc) is 2.91. The Morgan fingerprint density at radius 3 is 1.24 bits per heavy atom. The Balaban J connectivity index is 3.14. The zero-order chi connectivity index (χ0) is 28.0. The fourth-order valence-electron chi connectivity index (χ4n) is 6.21. The molecule has 0 N–H and O–H groups in total. The summed E-state index contributed by atoms with van der Waals surface area (Å²) >= 11 is 0. The molecule has 38 heavy (non-hydrogen) atoms. The third kappa shape index (κ3) is 11.7. The first-order valence-corrected chi connectivity index (χ1v) is 16.5. The molecule has 0 radical (unpaired) electrons. The number of hydrogen-bond donors (Lipinski definition) is 0. The third-order valence-electron chi connectivity index (χ3n) is 8.16. The molecule has 1 atom stereocenters. The van der Waals surface area contributed by atoms with Gasteiger partial charge >= 0.3 is 0 Å². The van der Waals surface area contributed by atoms with Crippen LogP contribution in [0.1, 0.15) is 161 Å². The molecule has 0 spiro atoms. The number of ether oxygens (including phenoxy) is 3. The van der Waals surface area contributed by atoms with E-state index in [1.165, 1.54) is 114 Å². The van der Waals surface area contributed by atoms with E-state index < -0.39 is 5.97 Å². The zero-order valence-corrected chi connectivity index (χ0v) is 26.4. The van der Waals surface area contributed by atoms with Crippen LogP contribution in [0.25, 0.3) is 0 Å². The predicted octanol–water partition coefficient (Wildman–Crippen LogP) is 11.1. The van der Waals surface area contributed by atoms with Crippen molar-refractivity contribution < 1.29 is 14.2 Å². The van der Waals surface area contributed by atoms with E-state index in [1.54, 1.807) is 0 Å². The third-order valence-corrected chi connectivity index (χ3v) is 8.16. The molecule has 0 aliphatic rings. The van der Waals surface area contributed by atoms with E-state index in [4.69, 9.17) is 14.2 Å². The quantitative estimate of drug-likeness (QED) is 0.0877. The Labute approximate surface area is 237 Å². The van der Waals surface area contributed by atoms with Crippen LogP contribution in [0.4, 0.5) is 0 Å². The second-order valence-corrected chi connectivity index (χ2v) is 11.2. The Hall–Kier alpha value is -0.900. The van der Waals surface area contributed by atoms with E-state index in [9.17, 15) is 0 Å². The van der Waals surface area contributed by atoms with Crippen LogP contribution in [0.5, 0.6) is 0 Å². The monoisotopic (exact) mass is 532 g/mol. The highest BCUT2D eigenvalue weighted by molar-refractivity contribution is 5.35. The Morgan fingerprint density at radius 2 is 0.868 bits per heavy atom. The maximum Gasteiger partial charge on any atom is 0.293 e. The predicted molar refractivity (Wildman–Crippen MR) is 165 cm³/mol. The Kier molecular flexibility index (Phi) is 20.2. The van der Waals surface area contributed by atoms with Gasteiger partial charge in [0.15, 0.2) is 0 Å². The van der Waals surface area contributed by atoms with Crippen LogP contribution in [0.3, 0.4) is 0 Å². The molecule has 0 aromatic heterocycles. The molecule has 0 fully saturated rings. The van der Waals surface area contributed by atoms with Gasteiger partial charge in [0.2, 0.25) is 0 Å². The van der Waals surface area contributed by atoms with Crippen molar-refractivity contribution in [1.82, 2.24) is 0 Å². The van der Waals surface area contributed by atoms with Gasteiger partial charge in [-0.05, 0) is 51.7 Å². The van der Waals surface area contributed by atoms with Gasteiger partial charge in [-0.2, -0.15) is 0 Å². The normalized spacial score (nSPS) is 13.6. The lowest BCUT2D eigenvalue weighted by Gasteiger charge is -2.50. The van der Waals surface area contributed by atoms with Crippen molar-refractivity contribution in [2.75, 3.05) is 19.8 Å². The van der Waals surface area contributed by atoms with Crippen molar-refractivity contribution in [3.63, 3.8) is 0 Å². The van der Waals surface area contributed by atoms with Crippen LogP contribution in [0.15, 0.2) is 24.3 Å². The average molecular weight is 533 g/mol. The molecule has 1 rings (SSSR count). The van der Waals surface area contributed by atoms with E-state index in [1.807, 2.05) is 0 Å². The van der Waals surface area contributed by atoms with Gasteiger partial charge in [0.25, 0.3) is 5.97 Å². The summed E-state index contributed by atoms with van der Waals surface area (Å²) in [6.07, 6.45) is 23.2. The minimum absolute atomic E-state index is 0.328. The molecule has 0 saturated carbocycles. The lowest BCUT2D eigenvalue weighted by atomic mass is 9.68. The van der Waals surface area contributed by atoms with Crippen LogP contribution < -0.4 is 0 Å². The summed E-state index contributed by atoms with van der Waals surface area (Å²) in [5.74, 6) is -1.06. The largest absolute Gasteiger partial charge is 0.327 e. The number of hydrogen-bond acceptors (Lipinski definition) is 3. The fraction of sp³-hybridized carbons (Fsp3) is 0.829. The van der Waals surface area contributed by atoms with Gasteiger partial charge in [-0.15, -0.1) is 0 Å². The molecular formula is C35H64O3. The number of aryl methyl sites for hydroxylation is 1. The molecule has 3 heteroatoms. The highest BCUT2D eigenvalue weighted by atomic mass is 16.9. The molecule has 0 aliphatic heterocycles. The summed E-state index contributed by atoms with van der Waals surface area (Å²) in [6, 6.07) is 8.90. The van der Waals surface area contributed by atoms with Crippen molar-refractivity contribution in [1.29, 1.82) is 0 Å². The molecule has 1 aromatic rings. The highest BCUT2D eigenvalue weighted by Gasteiger charge is 2.55. The topological polar surface area (TPSA) is 27.7 Å². The van der Waals surface area contributed by atoms with Gasteiger partial charge in [-0.1, -0.05) is 141 Å². The van der Waals surface area contributed by atoms with E-state index in [-0.39, 0.29) is 5.41 Å². The van der Waals surface area contributed by atoms with Gasteiger partial charge < -0.3 is 14.2 Å². The molecule has 3 nitrogen and oxygen atoms in total. The minimum Gasteiger partial charge on any atom is -0.327 e. The van der Waals surface area contributed by atoms with Gasteiger partial charge in [0.05, 0.1) is 5.41 Å². The van der Waals surface area contributed by atoms with E-state index >= 15 is 0 Å². The second kappa shape index (κ2) is 21.9. The maximum atomic E-state index is 6.58.